The first-order chi connectivity index (χ1) is 12.4. The number of fused-ring (bicyclic) bond motifs is 3. The van der Waals surface area contributed by atoms with Crippen molar-refractivity contribution in [1.29, 1.82) is 5.26 Å². The van der Waals surface area contributed by atoms with Crippen LogP contribution in [0.1, 0.15) is 11.4 Å². The molecule has 0 saturated heterocycles. The standard InChI is InChI=1S/C14H10N7O4P/c15-5-8-3-9-11(4-10(8)20-2-1-16-7-20)21-12(6-26(23,24)25)18-19-13(21)14(22)17-9/h1-4,7H,6H2,(H,17,22)(H2,23,24,25). The second kappa shape index (κ2) is 5.60. The molecule has 0 bridgehead atoms. The second-order valence-corrected chi connectivity index (χ2v) is 7.17. The molecule has 0 fully saturated rings. The highest BCUT2D eigenvalue weighted by atomic mass is 31.2. The zero-order valence-electron chi connectivity index (χ0n) is 12.9. The molecule has 3 N–H and O–H groups in total. The van der Waals surface area contributed by atoms with Crippen molar-refractivity contribution in [3.05, 3.63) is 52.6 Å². The number of aromatic nitrogens is 6. The Balaban J connectivity index is 2.12. The summed E-state index contributed by atoms with van der Waals surface area (Å²) in [4.78, 5) is 37.3. The first-order valence-electron chi connectivity index (χ1n) is 7.24. The number of nitriles is 1. The molecule has 0 radical (unpaired) electrons. The van der Waals surface area contributed by atoms with Gasteiger partial charge in [0.25, 0.3) is 5.56 Å². The van der Waals surface area contributed by atoms with Crippen LogP contribution >= 0.6 is 7.60 Å². The lowest BCUT2D eigenvalue weighted by Crippen LogP contribution is -2.13. The second-order valence-electron chi connectivity index (χ2n) is 5.52. The summed E-state index contributed by atoms with van der Waals surface area (Å²) in [7, 11) is -4.43. The number of hydrogen-bond acceptors (Lipinski definition) is 6. The number of nitrogens with one attached hydrogen (secondary N) is 1. The van der Waals surface area contributed by atoms with E-state index in [9.17, 15) is 24.4 Å². The Morgan fingerprint density at radius 1 is 1.31 bits per heavy atom. The third-order valence-corrected chi connectivity index (χ3v) is 4.48. The topological polar surface area (TPSA) is 162 Å². The molecule has 12 heteroatoms. The summed E-state index contributed by atoms with van der Waals surface area (Å²) in [6.45, 7) is 0. The molecule has 0 amide bonds. The lowest BCUT2D eigenvalue weighted by atomic mass is 10.1. The molecule has 3 heterocycles. The van der Waals surface area contributed by atoms with Crippen LogP contribution in [0, 0.1) is 11.3 Å². The maximum Gasteiger partial charge on any atom is 0.333 e. The summed E-state index contributed by atoms with van der Waals surface area (Å²) in [5, 5.41) is 16.9. The number of H-pyrrole nitrogens is 1. The van der Waals surface area contributed by atoms with Crippen molar-refractivity contribution >= 4 is 24.3 Å². The maximum absolute atomic E-state index is 12.2. The number of benzene rings is 1. The molecule has 0 aliphatic rings. The largest absolute Gasteiger partial charge is 0.333 e. The Labute approximate surface area is 144 Å². The van der Waals surface area contributed by atoms with E-state index in [1.54, 1.807) is 23.0 Å². The first-order valence-corrected chi connectivity index (χ1v) is 9.04. The van der Waals surface area contributed by atoms with Crippen molar-refractivity contribution in [2.45, 2.75) is 6.16 Å². The van der Waals surface area contributed by atoms with Crippen molar-refractivity contribution in [2.24, 2.45) is 0 Å². The van der Waals surface area contributed by atoms with Gasteiger partial charge in [-0.3, -0.25) is 13.8 Å². The van der Waals surface area contributed by atoms with Gasteiger partial charge in [-0.2, -0.15) is 5.26 Å². The number of hydrogen-bond donors (Lipinski definition) is 3. The highest BCUT2D eigenvalue weighted by Crippen LogP contribution is 2.38. The van der Waals surface area contributed by atoms with Gasteiger partial charge in [-0.05, 0) is 12.1 Å². The summed E-state index contributed by atoms with van der Waals surface area (Å²) in [6, 6.07) is 5.14. The summed E-state index contributed by atoms with van der Waals surface area (Å²) < 4.78 is 14.3. The minimum atomic E-state index is -4.43. The minimum absolute atomic E-state index is 0.0503. The predicted octanol–water partition coefficient (Wildman–Crippen LogP) is 0.306. The van der Waals surface area contributed by atoms with Gasteiger partial charge in [0.05, 0.1) is 28.6 Å². The first kappa shape index (κ1) is 16.2. The molecule has 0 aliphatic carbocycles. The van der Waals surface area contributed by atoms with Crippen LogP contribution in [-0.2, 0) is 10.7 Å². The van der Waals surface area contributed by atoms with E-state index < -0.39 is 19.3 Å². The van der Waals surface area contributed by atoms with Crippen molar-refractivity contribution in [2.75, 3.05) is 0 Å². The summed E-state index contributed by atoms with van der Waals surface area (Å²) in [6.07, 6.45) is 4.03. The van der Waals surface area contributed by atoms with Gasteiger partial charge >= 0.3 is 7.60 Å². The van der Waals surface area contributed by atoms with E-state index >= 15 is 0 Å². The maximum atomic E-state index is 12.2. The fourth-order valence-electron chi connectivity index (χ4n) is 2.75. The zero-order valence-corrected chi connectivity index (χ0v) is 13.8. The minimum Gasteiger partial charge on any atom is -0.324 e. The van der Waals surface area contributed by atoms with E-state index in [2.05, 4.69) is 26.2 Å². The number of rotatable bonds is 3. The lowest BCUT2D eigenvalue weighted by molar-refractivity contribution is 0.370. The number of imidazole rings is 1. The number of aromatic amines is 1. The van der Waals surface area contributed by atoms with Crippen LogP contribution in [0.2, 0.25) is 0 Å². The molecule has 26 heavy (non-hydrogen) atoms. The Morgan fingerprint density at radius 3 is 2.77 bits per heavy atom. The van der Waals surface area contributed by atoms with Gasteiger partial charge in [0, 0.05) is 12.4 Å². The highest BCUT2D eigenvalue weighted by Gasteiger charge is 2.22. The fourth-order valence-corrected chi connectivity index (χ4v) is 3.32. The van der Waals surface area contributed by atoms with Crippen molar-refractivity contribution in [1.82, 2.24) is 29.1 Å². The van der Waals surface area contributed by atoms with Gasteiger partial charge in [0.1, 0.15) is 18.1 Å². The normalized spacial score (nSPS) is 11.9. The van der Waals surface area contributed by atoms with Crippen LogP contribution in [0.5, 0.6) is 0 Å². The van der Waals surface area contributed by atoms with Gasteiger partial charge in [0.2, 0.25) is 5.65 Å². The van der Waals surface area contributed by atoms with E-state index in [0.717, 1.165) is 0 Å². The molecular formula is C14H10N7O4P. The van der Waals surface area contributed by atoms with Crippen molar-refractivity contribution < 1.29 is 14.4 Å². The quantitative estimate of drug-likeness (QED) is 0.433. The van der Waals surface area contributed by atoms with Crippen LogP contribution in [0.3, 0.4) is 0 Å². The van der Waals surface area contributed by atoms with Gasteiger partial charge in [0.15, 0.2) is 0 Å². The van der Waals surface area contributed by atoms with Crippen LogP contribution in [-0.4, -0.2) is 38.9 Å². The highest BCUT2D eigenvalue weighted by molar-refractivity contribution is 7.50. The molecule has 4 rings (SSSR count). The summed E-state index contributed by atoms with van der Waals surface area (Å²) >= 11 is 0. The van der Waals surface area contributed by atoms with Crippen molar-refractivity contribution in [3.8, 4) is 11.8 Å². The molecular weight excluding hydrogens is 361 g/mol. The average Bonchev–Trinajstić information content (AvgIpc) is 3.23. The van der Waals surface area contributed by atoms with Gasteiger partial charge in [-0.1, -0.05) is 0 Å². The Bertz CT molecular complexity index is 1290. The molecule has 0 saturated carbocycles. The van der Waals surface area contributed by atoms with E-state index in [1.165, 1.54) is 16.8 Å². The van der Waals surface area contributed by atoms with Crippen LogP contribution in [0.4, 0.5) is 0 Å². The van der Waals surface area contributed by atoms with Crippen LogP contribution in [0.25, 0.3) is 22.4 Å². The lowest BCUT2D eigenvalue weighted by Gasteiger charge is -2.10. The third-order valence-electron chi connectivity index (χ3n) is 3.79. The Kier molecular flexibility index (Phi) is 3.48. The Morgan fingerprint density at radius 2 is 2.12 bits per heavy atom. The van der Waals surface area contributed by atoms with Crippen molar-refractivity contribution in [3.63, 3.8) is 0 Å². The van der Waals surface area contributed by atoms with Gasteiger partial charge in [-0.25, -0.2) is 4.98 Å². The van der Waals surface area contributed by atoms with E-state index in [0.29, 0.717) is 16.7 Å². The third kappa shape index (κ3) is 2.58. The predicted molar refractivity (Wildman–Crippen MR) is 88.7 cm³/mol. The fraction of sp³-hybridized carbons (Fsp3) is 0.0714. The summed E-state index contributed by atoms with van der Waals surface area (Å²) in [5.41, 5.74) is 0.811. The molecule has 0 aliphatic heterocycles. The van der Waals surface area contributed by atoms with Crippen LogP contribution < -0.4 is 5.56 Å². The molecule has 11 nitrogen and oxygen atoms in total. The Hall–Kier alpha value is -3.32. The summed E-state index contributed by atoms with van der Waals surface area (Å²) in [5.74, 6) is -0.0503. The van der Waals surface area contributed by atoms with E-state index in [4.69, 9.17) is 0 Å². The smallest absolute Gasteiger partial charge is 0.324 e. The molecule has 130 valence electrons. The molecule has 0 unspecified atom stereocenters. The number of nitrogens with zero attached hydrogens (tertiary/aromatic N) is 6. The zero-order chi connectivity index (χ0) is 18.5. The van der Waals surface area contributed by atoms with E-state index in [1.807, 2.05) is 0 Å². The monoisotopic (exact) mass is 371 g/mol. The van der Waals surface area contributed by atoms with Gasteiger partial charge in [-0.15, -0.1) is 10.2 Å². The van der Waals surface area contributed by atoms with E-state index in [-0.39, 0.29) is 17.0 Å². The molecule has 0 atom stereocenters. The molecule has 0 spiro atoms. The SMILES string of the molecule is N#Cc1cc2[nH]c(=O)c3nnc(CP(=O)(O)O)n3c2cc1-n1ccnc1. The molecule has 4 aromatic rings. The molecule has 3 aromatic heterocycles. The molecule has 1 aromatic carbocycles. The van der Waals surface area contributed by atoms with Crippen LogP contribution in [0.15, 0.2) is 35.6 Å². The van der Waals surface area contributed by atoms with Gasteiger partial charge < -0.3 is 19.3 Å². The average molecular weight is 371 g/mol.